The van der Waals surface area contributed by atoms with Crippen molar-refractivity contribution in [3.8, 4) is 5.75 Å². The van der Waals surface area contributed by atoms with Crippen LogP contribution in [0.3, 0.4) is 0 Å². The fraction of sp³-hybridized carbons (Fsp3) is 0.0476. The van der Waals surface area contributed by atoms with E-state index < -0.39 is 0 Å². The van der Waals surface area contributed by atoms with Crippen molar-refractivity contribution in [3.05, 3.63) is 89.7 Å². The zero-order valence-corrected chi connectivity index (χ0v) is 15.9. The molecule has 4 nitrogen and oxygen atoms in total. The van der Waals surface area contributed by atoms with Crippen molar-refractivity contribution in [1.82, 2.24) is 9.97 Å². The Morgan fingerprint density at radius 2 is 1.67 bits per heavy atom. The van der Waals surface area contributed by atoms with E-state index in [1.807, 2.05) is 72.8 Å². The molecule has 0 bridgehead atoms. The summed E-state index contributed by atoms with van der Waals surface area (Å²) in [5.74, 6) is 1.56. The largest absolute Gasteiger partial charge is 0.489 e. The molecule has 0 saturated heterocycles. The third-order valence-corrected chi connectivity index (χ3v) is 4.20. The summed E-state index contributed by atoms with van der Waals surface area (Å²) in [6.45, 7) is 0.547. The topological polar surface area (TPSA) is 47.0 Å². The van der Waals surface area contributed by atoms with Gasteiger partial charge in [0.15, 0.2) is 0 Å². The van der Waals surface area contributed by atoms with E-state index in [1.54, 1.807) is 0 Å². The molecule has 0 fully saturated rings. The number of benzene rings is 3. The van der Waals surface area contributed by atoms with Crippen LogP contribution in [0, 0.1) is 0 Å². The lowest BCUT2D eigenvalue weighted by atomic mass is 10.2. The number of nitrogens with one attached hydrogen (secondary N) is 1. The van der Waals surface area contributed by atoms with E-state index in [0.29, 0.717) is 11.6 Å². The highest BCUT2D eigenvalue weighted by Gasteiger charge is 2.05. The average Bonchev–Trinajstić information content (AvgIpc) is 2.68. The molecule has 0 amide bonds. The number of halogens is 2. The van der Waals surface area contributed by atoms with Gasteiger partial charge in [-0.05, 0) is 48.0 Å². The van der Waals surface area contributed by atoms with E-state index in [4.69, 9.17) is 16.3 Å². The van der Waals surface area contributed by atoms with Crippen LogP contribution in [0.15, 0.2) is 79.1 Å². The Balaban J connectivity index is 0.00000210. The average molecular weight is 398 g/mol. The number of ether oxygens (including phenoxy) is 1. The molecule has 0 unspecified atom stereocenters. The number of hydrogen-bond acceptors (Lipinski definition) is 4. The van der Waals surface area contributed by atoms with Gasteiger partial charge < -0.3 is 10.1 Å². The number of nitrogens with zero attached hydrogens (tertiary/aromatic N) is 2. The quantitative estimate of drug-likeness (QED) is 0.446. The molecule has 0 aliphatic heterocycles. The third kappa shape index (κ3) is 4.67. The smallest absolute Gasteiger partial charge is 0.141 e. The predicted molar refractivity (Wildman–Crippen MR) is 112 cm³/mol. The number of rotatable bonds is 5. The fourth-order valence-electron chi connectivity index (χ4n) is 2.64. The highest BCUT2D eigenvalue weighted by molar-refractivity contribution is 6.31. The summed E-state index contributed by atoms with van der Waals surface area (Å²) < 4.78 is 5.81. The van der Waals surface area contributed by atoms with E-state index in [9.17, 15) is 0 Å². The molecule has 1 heterocycles. The predicted octanol–water partition coefficient (Wildman–Crippen LogP) is 6.03. The van der Waals surface area contributed by atoms with Gasteiger partial charge in [0.2, 0.25) is 0 Å². The number of fused-ring (bicyclic) bond motifs is 1. The van der Waals surface area contributed by atoms with Crippen LogP contribution in [0.4, 0.5) is 11.5 Å². The van der Waals surface area contributed by atoms with Crippen molar-refractivity contribution in [2.75, 3.05) is 5.32 Å². The Labute approximate surface area is 168 Å². The van der Waals surface area contributed by atoms with Crippen LogP contribution in [0.5, 0.6) is 5.75 Å². The molecule has 0 radical (unpaired) electrons. The van der Waals surface area contributed by atoms with Crippen LogP contribution in [0.25, 0.3) is 10.9 Å². The van der Waals surface area contributed by atoms with Crippen LogP contribution in [-0.2, 0) is 6.61 Å². The number of hydrogen-bond donors (Lipinski definition) is 1. The highest BCUT2D eigenvalue weighted by atomic mass is 35.5. The molecule has 1 aromatic heterocycles. The van der Waals surface area contributed by atoms with Crippen LogP contribution in [0.1, 0.15) is 5.56 Å². The van der Waals surface area contributed by atoms with Crippen molar-refractivity contribution in [1.29, 1.82) is 0 Å². The summed E-state index contributed by atoms with van der Waals surface area (Å²) in [6, 6.07) is 23.5. The zero-order chi connectivity index (χ0) is 17.8. The first-order chi connectivity index (χ1) is 12.8. The third-order valence-electron chi connectivity index (χ3n) is 3.96. The Bertz CT molecular complexity index is 1020. The van der Waals surface area contributed by atoms with Crippen LogP contribution in [0.2, 0.25) is 5.02 Å². The van der Waals surface area contributed by atoms with Gasteiger partial charge in [0.1, 0.15) is 24.5 Å². The van der Waals surface area contributed by atoms with Gasteiger partial charge in [-0.25, -0.2) is 9.97 Å². The molecule has 0 spiro atoms. The van der Waals surface area contributed by atoms with E-state index in [-0.39, 0.29) is 12.4 Å². The molecule has 4 aromatic rings. The standard InChI is InChI=1S/C21H16ClN3O.ClH/c22-16-6-11-19-20(12-16)23-14-24-21(19)25-17-7-9-18(10-8-17)26-13-15-4-2-1-3-5-15;/h1-12,14H,13H2,(H,23,24,25);1H. The van der Waals surface area contributed by atoms with Crippen molar-refractivity contribution in [3.63, 3.8) is 0 Å². The summed E-state index contributed by atoms with van der Waals surface area (Å²) >= 11 is 6.03. The summed E-state index contributed by atoms with van der Waals surface area (Å²) in [4.78, 5) is 8.59. The van der Waals surface area contributed by atoms with Crippen LogP contribution in [-0.4, -0.2) is 9.97 Å². The molecule has 4 rings (SSSR count). The summed E-state index contributed by atoms with van der Waals surface area (Å²) in [5, 5.41) is 4.89. The van der Waals surface area contributed by atoms with Crippen LogP contribution >= 0.6 is 24.0 Å². The van der Waals surface area contributed by atoms with Crippen molar-refractivity contribution in [2.24, 2.45) is 0 Å². The lowest BCUT2D eigenvalue weighted by Gasteiger charge is -2.10. The second kappa shape index (κ2) is 8.71. The molecular formula is C21H17Cl2N3O. The molecule has 0 aliphatic carbocycles. The molecule has 0 aliphatic rings. The van der Waals surface area contributed by atoms with E-state index in [0.717, 1.165) is 33.7 Å². The maximum absolute atomic E-state index is 6.03. The minimum Gasteiger partial charge on any atom is -0.489 e. The molecule has 27 heavy (non-hydrogen) atoms. The Kier molecular flexibility index (Phi) is 6.12. The maximum atomic E-state index is 6.03. The van der Waals surface area contributed by atoms with Gasteiger partial charge in [0.25, 0.3) is 0 Å². The second-order valence-electron chi connectivity index (χ2n) is 5.81. The van der Waals surface area contributed by atoms with Crippen LogP contribution < -0.4 is 10.1 Å². The molecule has 0 atom stereocenters. The first kappa shape index (κ1) is 19.0. The molecule has 6 heteroatoms. The Morgan fingerprint density at radius 3 is 2.44 bits per heavy atom. The lowest BCUT2D eigenvalue weighted by molar-refractivity contribution is 0.306. The van der Waals surface area contributed by atoms with E-state index >= 15 is 0 Å². The first-order valence-corrected chi connectivity index (χ1v) is 8.60. The molecular weight excluding hydrogens is 381 g/mol. The minimum absolute atomic E-state index is 0. The normalized spacial score (nSPS) is 10.3. The van der Waals surface area contributed by atoms with Crippen molar-refractivity contribution < 1.29 is 4.74 Å². The zero-order valence-electron chi connectivity index (χ0n) is 14.3. The van der Waals surface area contributed by atoms with Gasteiger partial charge in [-0.2, -0.15) is 0 Å². The lowest BCUT2D eigenvalue weighted by Crippen LogP contribution is -1.97. The van der Waals surface area contributed by atoms with Gasteiger partial charge in [-0.3, -0.25) is 0 Å². The van der Waals surface area contributed by atoms with E-state index in [1.165, 1.54) is 6.33 Å². The Morgan fingerprint density at radius 1 is 0.889 bits per heavy atom. The maximum Gasteiger partial charge on any atom is 0.141 e. The first-order valence-electron chi connectivity index (χ1n) is 8.22. The fourth-order valence-corrected chi connectivity index (χ4v) is 2.81. The van der Waals surface area contributed by atoms with Gasteiger partial charge in [0.05, 0.1) is 5.52 Å². The van der Waals surface area contributed by atoms with Crippen molar-refractivity contribution >= 4 is 46.4 Å². The van der Waals surface area contributed by atoms with Crippen molar-refractivity contribution in [2.45, 2.75) is 6.61 Å². The second-order valence-corrected chi connectivity index (χ2v) is 6.24. The van der Waals surface area contributed by atoms with E-state index in [2.05, 4.69) is 15.3 Å². The monoisotopic (exact) mass is 397 g/mol. The number of aromatic nitrogens is 2. The SMILES string of the molecule is Cl.Clc1ccc2c(Nc3ccc(OCc4ccccc4)cc3)ncnc2c1. The molecule has 1 N–H and O–H groups in total. The van der Waals surface area contributed by atoms with Gasteiger partial charge in [0, 0.05) is 16.1 Å². The molecule has 3 aromatic carbocycles. The van der Waals surface area contributed by atoms with Gasteiger partial charge in [-0.15, -0.1) is 12.4 Å². The summed E-state index contributed by atoms with van der Waals surface area (Å²) in [6.07, 6.45) is 1.53. The highest BCUT2D eigenvalue weighted by Crippen LogP contribution is 2.26. The van der Waals surface area contributed by atoms with Gasteiger partial charge in [-0.1, -0.05) is 41.9 Å². The number of anilines is 2. The summed E-state index contributed by atoms with van der Waals surface area (Å²) in [5.41, 5.74) is 2.87. The minimum atomic E-state index is 0. The summed E-state index contributed by atoms with van der Waals surface area (Å²) in [7, 11) is 0. The molecule has 0 saturated carbocycles. The Hall–Kier alpha value is -2.82. The van der Waals surface area contributed by atoms with Gasteiger partial charge >= 0.3 is 0 Å². The molecule has 136 valence electrons.